The van der Waals surface area contributed by atoms with Crippen LogP contribution in [0, 0.1) is 13.8 Å². The molecule has 0 saturated carbocycles. The van der Waals surface area contributed by atoms with Crippen LogP contribution in [0.15, 0.2) is 66.7 Å². The fraction of sp³-hybridized carbons (Fsp3) is 0.333. The SMILES string of the molecule is CC[C@@H](C)NC(=O)[C@@H](Cc1ccccc1)N(Cc1ccc(Cl)cc1Cl)C(=O)COc1cccc(C)c1C. The van der Waals surface area contributed by atoms with Gasteiger partial charge in [-0.05, 0) is 67.6 Å². The molecule has 3 aromatic rings. The largest absolute Gasteiger partial charge is 0.483 e. The van der Waals surface area contributed by atoms with Gasteiger partial charge in [-0.3, -0.25) is 9.59 Å². The second kappa shape index (κ2) is 13.5. The molecule has 0 fully saturated rings. The van der Waals surface area contributed by atoms with Crippen LogP contribution in [0.4, 0.5) is 0 Å². The van der Waals surface area contributed by atoms with Gasteiger partial charge in [0.05, 0.1) is 0 Å². The molecule has 0 spiro atoms. The van der Waals surface area contributed by atoms with Crippen molar-refractivity contribution in [3.63, 3.8) is 0 Å². The number of carbonyl (C=O) groups excluding carboxylic acids is 2. The van der Waals surface area contributed by atoms with Crippen molar-refractivity contribution >= 4 is 35.0 Å². The molecule has 1 N–H and O–H groups in total. The van der Waals surface area contributed by atoms with E-state index in [1.807, 2.05) is 76.2 Å². The molecule has 3 rings (SSSR count). The van der Waals surface area contributed by atoms with Crippen LogP contribution in [0.25, 0.3) is 0 Å². The van der Waals surface area contributed by atoms with Gasteiger partial charge >= 0.3 is 0 Å². The number of hydrogen-bond acceptors (Lipinski definition) is 3. The first-order chi connectivity index (χ1) is 17.7. The monoisotopic (exact) mass is 540 g/mol. The Labute approximate surface area is 229 Å². The van der Waals surface area contributed by atoms with Gasteiger partial charge in [-0.25, -0.2) is 0 Å². The van der Waals surface area contributed by atoms with Crippen LogP contribution in [0.2, 0.25) is 10.0 Å². The fourth-order valence-electron chi connectivity index (χ4n) is 3.93. The highest BCUT2D eigenvalue weighted by Crippen LogP contribution is 2.25. The van der Waals surface area contributed by atoms with Crippen LogP contribution in [-0.4, -0.2) is 35.4 Å². The summed E-state index contributed by atoms with van der Waals surface area (Å²) in [6, 6.07) is 19.7. The lowest BCUT2D eigenvalue weighted by molar-refractivity contribution is -0.143. The number of halogens is 2. The summed E-state index contributed by atoms with van der Waals surface area (Å²) in [7, 11) is 0. The molecule has 0 aliphatic heterocycles. The summed E-state index contributed by atoms with van der Waals surface area (Å²) in [5.74, 6) is 0.108. The van der Waals surface area contributed by atoms with Crippen LogP contribution in [0.3, 0.4) is 0 Å². The molecule has 2 atom stereocenters. The molecule has 2 amide bonds. The van der Waals surface area contributed by atoms with Crippen LogP contribution in [0.5, 0.6) is 5.75 Å². The average Bonchev–Trinajstić information content (AvgIpc) is 2.88. The van der Waals surface area contributed by atoms with E-state index in [0.717, 1.165) is 23.1 Å². The smallest absolute Gasteiger partial charge is 0.261 e. The zero-order chi connectivity index (χ0) is 26.9. The Balaban J connectivity index is 1.96. The van der Waals surface area contributed by atoms with Crippen molar-refractivity contribution in [2.24, 2.45) is 0 Å². The third kappa shape index (κ3) is 7.98. The molecule has 0 aliphatic carbocycles. The third-order valence-electron chi connectivity index (χ3n) is 6.53. The van der Waals surface area contributed by atoms with E-state index in [1.54, 1.807) is 23.1 Å². The molecular weight excluding hydrogens is 507 g/mol. The number of hydrogen-bond donors (Lipinski definition) is 1. The van der Waals surface area contributed by atoms with Crippen molar-refractivity contribution in [2.75, 3.05) is 6.61 Å². The van der Waals surface area contributed by atoms with E-state index in [1.165, 1.54) is 0 Å². The summed E-state index contributed by atoms with van der Waals surface area (Å²) >= 11 is 12.6. The van der Waals surface area contributed by atoms with E-state index >= 15 is 0 Å². The Hall–Kier alpha value is -3.02. The van der Waals surface area contributed by atoms with Gasteiger partial charge in [0, 0.05) is 29.1 Å². The highest BCUT2D eigenvalue weighted by Gasteiger charge is 2.31. The summed E-state index contributed by atoms with van der Waals surface area (Å²) in [6.07, 6.45) is 1.13. The van der Waals surface area contributed by atoms with Gasteiger partial charge in [0.1, 0.15) is 11.8 Å². The van der Waals surface area contributed by atoms with Gasteiger partial charge in [-0.1, -0.05) is 78.7 Å². The predicted octanol–water partition coefficient (Wildman–Crippen LogP) is 6.54. The van der Waals surface area contributed by atoms with Crippen molar-refractivity contribution in [1.29, 1.82) is 0 Å². The van der Waals surface area contributed by atoms with Gasteiger partial charge in [0.25, 0.3) is 5.91 Å². The van der Waals surface area contributed by atoms with E-state index in [-0.39, 0.29) is 31.0 Å². The molecule has 0 saturated heterocycles. The summed E-state index contributed by atoms with van der Waals surface area (Å²) in [4.78, 5) is 28.9. The molecule has 0 aromatic heterocycles. The molecule has 0 bridgehead atoms. The number of benzene rings is 3. The number of amides is 2. The van der Waals surface area contributed by atoms with Crippen LogP contribution in [0.1, 0.15) is 42.5 Å². The van der Waals surface area contributed by atoms with Gasteiger partial charge < -0.3 is 15.0 Å². The maximum atomic E-state index is 13.7. The minimum Gasteiger partial charge on any atom is -0.483 e. The van der Waals surface area contributed by atoms with Crippen molar-refractivity contribution in [1.82, 2.24) is 10.2 Å². The fourth-order valence-corrected chi connectivity index (χ4v) is 4.40. The first-order valence-electron chi connectivity index (χ1n) is 12.5. The van der Waals surface area contributed by atoms with Gasteiger partial charge in [0.15, 0.2) is 6.61 Å². The standard InChI is InChI=1S/C30H34Cl2N2O3/c1-5-21(3)33-30(36)27(16-23-11-7-6-8-12-23)34(18-24-14-15-25(31)17-26(24)32)29(35)19-37-28-13-9-10-20(2)22(28)4/h6-15,17,21,27H,5,16,18-19H2,1-4H3,(H,33,36)/t21-,27-/m1/s1. The number of nitrogens with zero attached hydrogens (tertiary/aromatic N) is 1. The first-order valence-corrected chi connectivity index (χ1v) is 13.2. The molecule has 5 nitrogen and oxygen atoms in total. The van der Waals surface area contributed by atoms with Crippen molar-refractivity contribution in [3.8, 4) is 5.75 Å². The minimum absolute atomic E-state index is 0.0342. The molecule has 0 radical (unpaired) electrons. The highest BCUT2D eigenvalue weighted by atomic mass is 35.5. The number of aryl methyl sites for hydroxylation is 1. The van der Waals surface area contributed by atoms with Crippen molar-refractivity contribution in [2.45, 2.75) is 59.2 Å². The zero-order valence-electron chi connectivity index (χ0n) is 21.8. The van der Waals surface area contributed by atoms with Crippen LogP contribution in [-0.2, 0) is 22.6 Å². The van der Waals surface area contributed by atoms with E-state index in [9.17, 15) is 9.59 Å². The van der Waals surface area contributed by atoms with Crippen LogP contribution < -0.4 is 10.1 Å². The molecule has 3 aromatic carbocycles. The van der Waals surface area contributed by atoms with Gasteiger partial charge in [-0.2, -0.15) is 0 Å². The third-order valence-corrected chi connectivity index (χ3v) is 7.12. The second-order valence-corrected chi connectivity index (χ2v) is 10.1. The maximum Gasteiger partial charge on any atom is 0.261 e. The summed E-state index contributed by atoms with van der Waals surface area (Å²) in [5.41, 5.74) is 3.69. The molecule has 0 heterocycles. The first kappa shape index (κ1) is 28.5. The van der Waals surface area contributed by atoms with E-state index in [0.29, 0.717) is 27.8 Å². The quantitative estimate of drug-likeness (QED) is 0.300. The van der Waals surface area contributed by atoms with Crippen LogP contribution >= 0.6 is 23.2 Å². The number of rotatable bonds is 11. The number of carbonyl (C=O) groups is 2. The molecule has 196 valence electrons. The van der Waals surface area contributed by atoms with Gasteiger partial charge in [-0.15, -0.1) is 0 Å². The molecule has 0 unspecified atom stereocenters. The minimum atomic E-state index is -0.766. The highest BCUT2D eigenvalue weighted by molar-refractivity contribution is 6.35. The Morgan fingerprint density at radius 1 is 1.00 bits per heavy atom. The lowest BCUT2D eigenvalue weighted by Gasteiger charge is -2.32. The zero-order valence-corrected chi connectivity index (χ0v) is 23.3. The van der Waals surface area contributed by atoms with E-state index in [4.69, 9.17) is 27.9 Å². The van der Waals surface area contributed by atoms with Crippen molar-refractivity contribution in [3.05, 3.63) is 99.0 Å². The van der Waals surface area contributed by atoms with E-state index in [2.05, 4.69) is 5.32 Å². The number of ether oxygens (including phenoxy) is 1. The topological polar surface area (TPSA) is 58.6 Å². The molecule has 37 heavy (non-hydrogen) atoms. The average molecular weight is 542 g/mol. The van der Waals surface area contributed by atoms with E-state index < -0.39 is 6.04 Å². The summed E-state index contributed by atoms with van der Waals surface area (Å²) in [6.45, 7) is 7.83. The molecule has 0 aliphatic rings. The number of nitrogens with one attached hydrogen (secondary N) is 1. The maximum absolute atomic E-state index is 13.7. The lowest BCUT2D eigenvalue weighted by Crippen LogP contribution is -2.53. The van der Waals surface area contributed by atoms with Crippen molar-refractivity contribution < 1.29 is 14.3 Å². The molecular formula is C30H34Cl2N2O3. The molecule has 7 heteroatoms. The Morgan fingerprint density at radius 2 is 1.73 bits per heavy atom. The Kier molecular flexibility index (Phi) is 10.4. The summed E-state index contributed by atoms with van der Waals surface area (Å²) in [5, 5.41) is 3.99. The Morgan fingerprint density at radius 3 is 2.41 bits per heavy atom. The summed E-state index contributed by atoms with van der Waals surface area (Å²) < 4.78 is 5.95. The second-order valence-electron chi connectivity index (χ2n) is 9.27. The normalized spacial score (nSPS) is 12.5. The lowest BCUT2D eigenvalue weighted by atomic mass is 10.0. The van der Waals surface area contributed by atoms with Gasteiger partial charge in [0.2, 0.25) is 5.91 Å². The Bertz CT molecular complexity index is 1220. The predicted molar refractivity (Wildman–Crippen MR) is 150 cm³/mol.